The number of ether oxygens (including phenoxy) is 2. The zero-order valence-corrected chi connectivity index (χ0v) is 13.5. The van der Waals surface area contributed by atoms with E-state index in [0.717, 1.165) is 6.42 Å². The Morgan fingerprint density at radius 1 is 1.14 bits per heavy atom. The van der Waals surface area contributed by atoms with Crippen LogP contribution in [0.2, 0.25) is 0 Å². The summed E-state index contributed by atoms with van der Waals surface area (Å²) in [5.74, 6) is 0.126. The van der Waals surface area contributed by atoms with Gasteiger partial charge in [0, 0.05) is 12.5 Å². The number of hydrogen-bond donors (Lipinski definition) is 0. The van der Waals surface area contributed by atoms with Crippen LogP contribution in [0.25, 0.3) is 0 Å². The Balaban J connectivity index is 1.81. The van der Waals surface area contributed by atoms with Crippen molar-refractivity contribution in [2.45, 2.75) is 51.4 Å². The highest BCUT2D eigenvalue weighted by atomic mass is 19.1. The van der Waals surface area contributed by atoms with E-state index in [-0.39, 0.29) is 11.9 Å². The van der Waals surface area contributed by atoms with E-state index in [1.54, 1.807) is 6.07 Å². The average molecular weight is 308 g/mol. The van der Waals surface area contributed by atoms with Gasteiger partial charge in [0.05, 0.1) is 24.4 Å². The number of hydrogen-bond acceptors (Lipinski definition) is 4. The summed E-state index contributed by atoms with van der Waals surface area (Å²) in [5.41, 5.74) is -0.276. The predicted octanol–water partition coefficient (Wildman–Crippen LogP) is 2.29. The molecule has 0 saturated carbocycles. The first kappa shape index (κ1) is 15.8. The Kier molecular flexibility index (Phi) is 3.95. The van der Waals surface area contributed by atoms with Crippen molar-refractivity contribution < 1.29 is 23.2 Å². The summed E-state index contributed by atoms with van der Waals surface area (Å²) in [6, 6.07) is 4.59. The fourth-order valence-electron chi connectivity index (χ4n) is 2.57. The second-order valence-corrected chi connectivity index (χ2v) is 6.91. The van der Waals surface area contributed by atoms with Crippen molar-refractivity contribution in [1.82, 2.24) is 0 Å². The van der Waals surface area contributed by atoms with Crippen LogP contribution in [0, 0.1) is 5.82 Å². The lowest BCUT2D eigenvalue weighted by atomic mass is 9.79. The molecule has 0 radical (unpaired) electrons. The Labute approximate surface area is 131 Å². The van der Waals surface area contributed by atoms with E-state index < -0.39 is 18.3 Å². The SMILES string of the molecule is CC1(C)OB(c2cc(F)cc(OC3CCOC3)c2)OC1(C)C. The van der Waals surface area contributed by atoms with E-state index in [0.29, 0.717) is 24.4 Å². The third-order valence-corrected chi connectivity index (χ3v) is 4.61. The molecule has 2 heterocycles. The van der Waals surface area contributed by atoms with Gasteiger partial charge in [-0.3, -0.25) is 0 Å². The van der Waals surface area contributed by atoms with Gasteiger partial charge in [0.2, 0.25) is 0 Å². The highest BCUT2D eigenvalue weighted by Gasteiger charge is 2.51. The molecule has 120 valence electrons. The quantitative estimate of drug-likeness (QED) is 0.803. The van der Waals surface area contributed by atoms with Crippen LogP contribution in [-0.2, 0) is 14.0 Å². The second kappa shape index (κ2) is 5.51. The minimum absolute atomic E-state index is 0.0204. The van der Waals surface area contributed by atoms with Crippen molar-refractivity contribution in [1.29, 1.82) is 0 Å². The smallest absolute Gasteiger partial charge is 0.488 e. The Bertz CT molecular complexity index is 539. The maximum atomic E-state index is 13.9. The number of halogens is 1. The Hall–Kier alpha value is -1.11. The van der Waals surface area contributed by atoms with Gasteiger partial charge in [-0.05, 0) is 45.3 Å². The van der Waals surface area contributed by atoms with Crippen LogP contribution in [0.5, 0.6) is 5.75 Å². The lowest BCUT2D eigenvalue weighted by Crippen LogP contribution is -2.41. The first-order chi connectivity index (χ1) is 10.3. The summed E-state index contributed by atoms with van der Waals surface area (Å²) in [5, 5.41) is 0. The first-order valence-electron chi connectivity index (χ1n) is 7.67. The van der Waals surface area contributed by atoms with Crippen molar-refractivity contribution in [3.05, 3.63) is 24.0 Å². The molecule has 2 saturated heterocycles. The van der Waals surface area contributed by atoms with Crippen LogP contribution in [0.15, 0.2) is 18.2 Å². The standard InChI is InChI=1S/C16H22BFO4/c1-15(2)16(3,4)22-17(21-15)11-7-12(18)9-14(8-11)20-13-5-6-19-10-13/h7-9,13H,5-6,10H2,1-4H3. The van der Waals surface area contributed by atoms with E-state index in [1.165, 1.54) is 12.1 Å². The van der Waals surface area contributed by atoms with Crippen LogP contribution in [0.4, 0.5) is 4.39 Å². The maximum absolute atomic E-state index is 13.9. The third-order valence-electron chi connectivity index (χ3n) is 4.61. The molecule has 22 heavy (non-hydrogen) atoms. The second-order valence-electron chi connectivity index (χ2n) is 6.91. The van der Waals surface area contributed by atoms with E-state index in [4.69, 9.17) is 18.8 Å². The number of benzene rings is 1. The van der Waals surface area contributed by atoms with Gasteiger partial charge >= 0.3 is 7.12 Å². The van der Waals surface area contributed by atoms with E-state index in [1.807, 2.05) is 27.7 Å². The molecule has 2 aliphatic rings. The van der Waals surface area contributed by atoms with E-state index in [2.05, 4.69) is 0 Å². The lowest BCUT2D eigenvalue weighted by molar-refractivity contribution is 0.00578. The summed E-state index contributed by atoms with van der Waals surface area (Å²) < 4.78 is 36.9. The molecule has 0 aromatic heterocycles. The molecule has 0 spiro atoms. The summed E-state index contributed by atoms with van der Waals surface area (Å²) in [6.07, 6.45) is 0.801. The third kappa shape index (κ3) is 3.00. The number of rotatable bonds is 3. The molecule has 4 nitrogen and oxygen atoms in total. The molecular weight excluding hydrogens is 286 g/mol. The van der Waals surface area contributed by atoms with Crippen molar-refractivity contribution in [3.63, 3.8) is 0 Å². The lowest BCUT2D eigenvalue weighted by Gasteiger charge is -2.32. The largest absolute Gasteiger partial charge is 0.495 e. The fourth-order valence-corrected chi connectivity index (χ4v) is 2.57. The molecule has 0 amide bonds. The molecule has 2 aliphatic heterocycles. The van der Waals surface area contributed by atoms with Crippen LogP contribution in [-0.4, -0.2) is 37.6 Å². The molecule has 1 aromatic rings. The molecule has 3 rings (SSSR count). The Morgan fingerprint density at radius 3 is 2.41 bits per heavy atom. The van der Waals surface area contributed by atoms with Gasteiger partial charge in [-0.15, -0.1) is 0 Å². The molecule has 0 bridgehead atoms. The first-order valence-corrected chi connectivity index (χ1v) is 7.67. The summed E-state index contributed by atoms with van der Waals surface area (Å²) >= 11 is 0. The molecule has 1 atom stereocenters. The normalized spacial score (nSPS) is 26.4. The predicted molar refractivity (Wildman–Crippen MR) is 82.0 cm³/mol. The summed E-state index contributed by atoms with van der Waals surface area (Å²) in [6.45, 7) is 9.12. The van der Waals surface area contributed by atoms with Gasteiger partial charge < -0.3 is 18.8 Å². The fraction of sp³-hybridized carbons (Fsp3) is 0.625. The molecule has 1 aromatic carbocycles. The van der Waals surface area contributed by atoms with Crippen LogP contribution in [0.3, 0.4) is 0 Å². The van der Waals surface area contributed by atoms with Crippen molar-refractivity contribution in [3.8, 4) is 5.75 Å². The van der Waals surface area contributed by atoms with Crippen LogP contribution in [0.1, 0.15) is 34.1 Å². The molecule has 0 N–H and O–H groups in total. The van der Waals surface area contributed by atoms with Crippen molar-refractivity contribution >= 4 is 12.6 Å². The van der Waals surface area contributed by atoms with Crippen molar-refractivity contribution in [2.24, 2.45) is 0 Å². The van der Waals surface area contributed by atoms with Crippen molar-refractivity contribution in [2.75, 3.05) is 13.2 Å². The minimum Gasteiger partial charge on any atom is -0.488 e. The molecular formula is C16H22BFO4. The molecule has 6 heteroatoms. The zero-order valence-electron chi connectivity index (χ0n) is 13.5. The van der Waals surface area contributed by atoms with Gasteiger partial charge in [0.15, 0.2) is 0 Å². The Morgan fingerprint density at radius 2 is 1.82 bits per heavy atom. The van der Waals surface area contributed by atoms with E-state index >= 15 is 0 Å². The van der Waals surface area contributed by atoms with Gasteiger partial charge in [0.25, 0.3) is 0 Å². The van der Waals surface area contributed by atoms with E-state index in [9.17, 15) is 4.39 Å². The summed E-state index contributed by atoms with van der Waals surface area (Å²) in [7, 11) is -0.595. The molecule has 0 aliphatic carbocycles. The topological polar surface area (TPSA) is 36.9 Å². The van der Waals surface area contributed by atoms with Crippen LogP contribution >= 0.6 is 0 Å². The average Bonchev–Trinajstić information content (AvgIpc) is 2.96. The zero-order chi connectivity index (χ0) is 16.0. The molecule has 2 fully saturated rings. The van der Waals surface area contributed by atoms with Crippen LogP contribution < -0.4 is 10.2 Å². The van der Waals surface area contributed by atoms with Gasteiger partial charge in [-0.1, -0.05) is 0 Å². The van der Waals surface area contributed by atoms with Gasteiger partial charge in [-0.25, -0.2) is 4.39 Å². The monoisotopic (exact) mass is 308 g/mol. The highest BCUT2D eigenvalue weighted by molar-refractivity contribution is 6.62. The molecule has 1 unspecified atom stereocenters. The maximum Gasteiger partial charge on any atom is 0.495 e. The highest BCUT2D eigenvalue weighted by Crippen LogP contribution is 2.36. The summed E-state index contributed by atoms with van der Waals surface area (Å²) in [4.78, 5) is 0. The van der Waals surface area contributed by atoms with Gasteiger partial charge in [-0.2, -0.15) is 0 Å². The minimum atomic E-state index is -0.595. The van der Waals surface area contributed by atoms with Gasteiger partial charge in [0.1, 0.15) is 17.7 Å².